The van der Waals surface area contributed by atoms with E-state index in [1.54, 1.807) is 23.1 Å². The molecule has 1 saturated carbocycles. The Balaban J connectivity index is 1.36. The van der Waals surface area contributed by atoms with Gasteiger partial charge in [0.15, 0.2) is 10.6 Å². The van der Waals surface area contributed by atoms with Crippen molar-refractivity contribution in [3.63, 3.8) is 0 Å². The van der Waals surface area contributed by atoms with E-state index in [4.69, 9.17) is 14.7 Å². The zero-order valence-corrected chi connectivity index (χ0v) is 15.8. The first-order chi connectivity index (χ1) is 12.7. The predicted molar refractivity (Wildman–Crippen MR) is 101 cm³/mol. The van der Waals surface area contributed by atoms with E-state index in [2.05, 4.69) is 16.4 Å². The molecule has 2 aromatic rings. The number of benzene rings is 1. The summed E-state index contributed by atoms with van der Waals surface area (Å²) in [5.74, 6) is 0.685. The SMILES string of the molecule is N#CC1(C(=O)Nc2ccc3nc(SCCC4OCCCO4)sc3c2)CC1. The topological polar surface area (TPSA) is 84.2 Å². The molecule has 4 rings (SSSR count). The van der Waals surface area contributed by atoms with E-state index in [9.17, 15) is 4.79 Å². The van der Waals surface area contributed by atoms with E-state index in [0.717, 1.165) is 46.4 Å². The third-order valence-electron chi connectivity index (χ3n) is 4.50. The smallest absolute Gasteiger partial charge is 0.244 e. The van der Waals surface area contributed by atoms with Crippen LogP contribution in [0.5, 0.6) is 0 Å². The molecule has 2 aliphatic rings. The maximum absolute atomic E-state index is 12.2. The Morgan fingerprint density at radius 3 is 2.96 bits per heavy atom. The maximum atomic E-state index is 12.2. The highest BCUT2D eigenvalue weighted by atomic mass is 32.2. The van der Waals surface area contributed by atoms with Gasteiger partial charge in [0.05, 0.1) is 29.5 Å². The average molecular weight is 390 g/mol. The number of thioether (sulfide) groups is 1. The van der Waals surface area contributed by atoms with Gasteiger partial charge in [0.2, 0.25) is 5.91 Å². The molecule has 6 nitrogen and oxygen atoms in total. The second-order valence-corrected chi connectivity index (χ2v) is 8.84. The number of amides is 1. The number of carbonyl (C=O) groups is 1. The molecule has 0 unspecified atom stereocenters. The molecule has 1 aromatic carbocycles. The van der Waals surface area contributed by atoms with Crippen LogP contribution in [0.15, 0.2) is 22.5 Å². The molecule has 1 aliphatic carbocycles. The molecular weight excluding hydrogens is 370 g/mol. The fourth-order valence-corrected chi connectivity index (χ4v) is 4.89. The Labute approximate surface area is 159 Å². The van der Waals surface area contributed by atoms with E-state index in [0.29, 0.717) is 18.5 Å². The third-order valence-corrected chi connectivity index (χ3v) is 6.70. The lowest BCUT2D eigenvalue weighted by Gasteiger charge is -2.22. The molecule has 8 heteroatoms. The number of thiazole rings is 1. The van der Waals surface area contributed by atoms with Crippen LogP contribution < -0.4 is 5.32 Å². The van der Waals surface area contributed by atoms with Crippen molar-refractivity contribution in [3.05, 3.63) is 18.2 Å². The van der Waals surface area contributed by atoms with Crippen molar-refractivity contribution in [2.24, 2.45) is 5.41 Å². The lowest BCUT2D eigenvalue weighted by Crippen LogP contribution is -2.25. The number of aromatic nitrogens is 1. The highest BCUT2D eigenvalue weighted by molar-refractivity contribution is 8.01. The highest BCUT2D eigenvalue weighted by Gasteiger charge is 2.50. The molecular formula is C18H19N3O3S2. The molecule has 2 heterocycles. The largest absolute Gasteiger partial charge is 0.353 e. The molecule has 1 N–H and O–H groups in total. The Kier molecular flexibility index (Phi) is 5.14. The van der Waals surface area contributed by atoms with Gasteiger partial charge in [-0.05, 0) is 37.5 Å². The van der Waals surface area contributed by atoms with Crippen LogP contribution >= 0.6 is 23.1 Å². The second kappa shape index (κ2) is 7.53. The van der Waals surface area contributed by atoms with E-state index in [1.165, 1.54) is 0 Å². The molecule has 0 atom stereocenters. The Morgan fingerprint density at radius 1 is 1.42 bits per heavy atom. The minimum atomic E-state index is -0.813. The van der Waals surface area contributed by atoms with Gasteiger partial charge in [0.1, 0.15) is 5.41 Å². The van der Waals surface area contributed by atoms with Gasteiger partial charge >= 0.3 is 0 Å². The number of hydrogen-bond acceptors (Lipinski definition) is 7. The van der Waals surface area contributed by atoms with Crippen molar-refractivity contribution in [1.29, 1.82) is 5.26 Å². The van der Waals surface area contributed by atoms with Crippen LogP contribution in [0, 0.1) is 16.7 Å². The predicted octanol–water partition coefficient (Wildman–Crippen LogP) is 3.78. The number of nitrogens with zero attached hydrogens (tertiary/aromatic N) is 2. The fraction of sp³-hybridized carbons (Fsp3) is 0.500. The van der Waals surface area contributed by atoms with Gasteiger partial charge in [-0.15, -0.1) is 11.3 Å². The number of ether oxygens (including phenoxy) is 2. The standard InChI is InChI=1S/C18H19N3O3S2/c19-11-18(5-6-18)16(22)20-12-2-3-13-14(10-12)26-17(21-13)25-9-4-15-23-7-1-8-24-15/h2-3,10,15H,1,4-9H2,(H,20,22). The van der Waals surface area contributed by atoms with E-state index in [-0.39, 0.29) is 12.2 Å². The molecule has 136 valence electrons. The van der Waals surface area contributed by atoms with Gasteiger partial charge in [-0.1, -0.05) is 11.8 Å². The zero-order valence-electron chi connectivity index (χ0n) is 14.2. The van der Waals surface area contributed by atoms with Crippen molar-refractivity contribution in [2.75, 3.05) is 24.3 Å². The van der Waals surface area contributed by atoms with Crippen molar-refractivity contribution in [3.8, 4) is 6.07 Å². The summed E-state index contributed by atoms with van der Waals surface area (Å²) < 4.78 is 13.1. The third kappa shape index (κ3) is 3.86. The summed E-state index contributed by atoms with van der Waals surface area (Å²) >= 11 is 3.30. The molecule has 0 radical (unpaired) electrons. The van der Waals surface area contributed by atoms with Crippen LogP contribution in [-0.2, 0) is 14.3 Å². The van der Waals surface area contributed by atoms with Crippen LogP contribution in [0.1, 0.15) is 25.7 Å². The number of nitrogens with one attached hydrogen (secondary N) is 1. The second-order valence-electron chi connectivity index (χ2n) is 6.47. The monoisotopic (exact) mass is 389 g/mol. The number of anilines is 1. The molecule has 1 aliphatic heterocycles. The molecule has 1 saturated heterocycles. The van der Waals surface area contributed by atoms with Gasteiger partial charge in [0, 0.05) is 17.9 Å². The Morgan fingerprint density at radius 2 is 2.23 bits per heavy atom. The minimum absolute atomic E-state index is 0.0951. The van der Waals surface area contributed by atoms with Crippen LogP contribution in [0.25, 0.3) is 10.2 Å². The normalized spacial score (nSPS) is 19.2. The van der Waals surface area contributed by atoms with Gasteiger partial charge in [-0.25, -0.2) is 4.98 Å². The van der Waals surface area contributed by atoms with E-state index in [1.807, 2.05) is 18.2 Å². The van der Waals surface area contributed by atoms with E-state index >= 15 is 0 Å². The lowest BCUT2D eigenvalue weighted by atomic mass is 10.1. The summed E-state index contributed by atoms with van der Waals surface area (Å²) in [6.07, 6.45) is 3.01. The summed E-state index contributed by atoms with van der Waals surface area (Å²) in [6.45, 7) is 1.55. The Hall–Kier alpha value is -1.66. The molecule has 0 spiro atoms. The van der Waals surface area contributed by atoms with Gasteiger partial charge in [-0.3, -0.25) is 4.79 Å². The Bertz CT molecular complexity index is 851. The first-order valence-corrected chi connectivity index (χ1v) is 10.5. The van der Waals surface area contributed by atoms with Crippen LogP contribution in [-0.4, -0.2) is 36.1 Å². The van der Waals surface area contributed by atoms with Crippen LogP contribution in [0.3, 0.4) is 0 Å². The van der Waals surface area contributed by atoms with Crippen LogP contribution in [0.2, 0.25) is 0 Å². The fourth-order valence-electron chi connectivity index (χ4n) is 2.75. The summed E-state index contributed by atoms with van der Waals surface area (Å²) in [6, 6.07) is 7.79. The number of rotatable bonds is 6. The summed E-state index contributed by atoms with van der Waals surface area (Å²) in [4.78, 5) is 16.8. The minimum Gasteiger partial charge on any atom is -0.353 e. The summed E-state index contributed by atoms with van der Waals surface area (Å²) in [7, 11) is 0. The van der Waals surface area contributed by atoms with Gasteiger partial charge in [0.25, 0.3) is 0 Å². The quantitative estimate of drug-likeness (QED) is 0.757. The van der Waals surface area contributed by atoms with Gasteiger partial charge < -0.3 is 14.8 Å². The van der Waals surface area contributed by atoms with Crippen LogP contribution in [0.4, 0.5) is 5.69 Å². The number of hydrogen-bond donors (Lipinski definition) is 1. The number of carbonyl (C=O) groups excluding carboxylic acids is 1. The maximum Gasteiger partial charge on any atom is 0.244 e. The van der Waals surface area contributed by atoms with Gasteiger partial charge in [-0.2, -0.15) is 5.26 Å². The van der Waals surface area contributed by atoms with Crippen molar-refractivity contribution in [2.45, 2.75) is 36.3 Å². The van der Waals surface area contributed by atoms with Crippen molar-refractivity contribution >= 4 is 44.9 Å². The van der Waals surface area contributed by atoms with E-state index < -0.39 is 5.41 Å². The summed E-state index contributed by atoms with van der Waals surface area (Å²) in [5, 5.41) is 12.0. The first kappa shape index (κ1) is 17.7. The summed E-state index contributed by atoms with van der Waals surface area (Å²) in [5.41, 5.74) is 0.822. The number of nitriles is 1. The number of fused-ring (bicyclic) bond motifs is 1. The average Bonchev–Trinajstić information content (AvgIpc) is 3.37. The molecule has 1 aromatic heterocycles. The van der Waals surface area contributed by atoms with Crippen molar-refractivity contribution in [1.82, 2.24) is 4.98 Å². The van der Waals surface area contributed by atoms with Crippen molar-refractivity contribution < 1.29 is 14.3 Å². The molecule has 2 fully saturated rings. The zero-order chi connectivity index (χ0) is 18.0. The molecule has 26 heavy (non-hydrogen) atoms. The first-order valence-electron chi connectivity index (χ1n) is 8.68. The highest BCUT2D eigenvalue weighted by Crippen LogP contribution is 2.45. The molecule has 0 bridgehead atoms. The molecule has 1 amide bonds. The lowest BCUT2D eigenvalue weighted by molar-refractivity contribution is -0.178.